The molecule has 1 fully saturated rings. The lowest BCUT2D eigenvalue weighted by molar-refractivity contribution is 0.109. The summed E-state index contributed by atoms with van der Waals surface area (Å²) in [6, 6.07) is 1.93. The Bertz CT molecular complexity index is 82.8. The summed E-state index contributed by atoms with van der Waals surface area (Å²) in [5.74, 6) is 0. The van der Waals surface area contributed by atoms with Crippen LogP contribution in [0, 0.1) is 11.3 Å². The molecule has 0 saturated carbocycles. The average Bonchev–Trinajstić information content (AvgIpc) is 2.08. The first-order valence-corrected chi connectivity index (χ1v) is 3.57. The van der Waals surface area contributed by atoms with Crippen molar-refractivity contribution < 1.29 is 4.74 Å². The van der Waals surface area contributed by atoms with Gasteiger partial charge in [0.05, 0.1) is 19.3 Å². The molecule has 1 aliphatic rings. The number of rotatable bonds is 0. The number of hydrogen-bond acceptors (Lipinski definition) is 3. The second kappa shape index (κ2) is 8.41. The van der Waals surface area contributed by atoms with Crippen LogP contribution in [0.25, 0.3) is 0 Å². The lowest BCUT2D eigenvalue weighted by Crippen LogP contribution is -2.30. The molecule has 0 aromatic rings. The summed E-state index contributed by atoms with van der Waals surface area (Å²) >= 11 is 0. The highest BCUT2D eigenvalue weighted by Gasteiger charge is 1.92. The zero-order chi connectivity index (χ0) is 7.66. The van der Waals surface area contributed by atoms with Crippen LogP contribution in [0.1, 0.15) is 13.3 Å². The molecular formula is C7H14N2O. The third-order valence-corrected chi connectivity index (χ3v) is 1.00. The molecule has 1 heterocycles. The van der Waals surface area contributed by atoms with E-state index in [1.807, 2.05) is 13.0 Å². The van der Waals surface area contributed by atoms with Crippen LogP contribution < -0.4 is 5.32 Å². The SMILES string of the molecule is C1COCCN1.CCC#N. The summed E-state index contributed by atoms with van der Waals surface area (Å²) in [7, 11) is 0. The minimum absolute atomic E-state index is 0.625. The third-order valence-electron chi connectivity index (χ3n) is 1.00. The Morgan fingerprint density at radius 3 is 2.10 bits per heavy atom. The van der Waals surface area contributed by atoms with E-state index in [1.54, 1.807) is 0 Å². The zero-order valence-electron chi connectivity index (χ0n) is 6.39. The topological polar surface area (TPSA) is 45.0 Å². The molecule has 10 heavy (non-hydrogen) atoms. The standard InChI is InChI=1S/C4H9NO.C3H5N/c1-3-6-4-2-5-1;1-2-3-4/h5H,1-4H2;2H2,1H3. The summed E-state index contributed by atoms with van der Waals surface area (Å²) in [6.07, 6.45) is 0.625. The molecule has 0 aliphatic carbocycles. The highest BCUT2D eigenvalue weighted by atomic mass is 16.5. The average molecular weight is 142 g/mol. The first-order valence-electron chi connectivity index (χ1n) is 3.57. The fourth-order valence-corrected chi connectivity index (χ4v) is 0.516. The number of hydrogen-bond donors (Lipinski definition) is 1. The predicted molar refractivity (Wildman–Crippen MR) is 39.6 cm³/mol. The van der Waals surface area contributed by atoms with E-state index in [0.29, 0.717) is 6.42 Å². The molecule has 3 nitrogen and oxygen atoms in total. The molecule has 0 aromatic heterocycles. The van der Waals surface area contributed by atoms with Crippen LogP contribution in [0.3, 0.4) is 0 Å². The van der Waals surface area contributed by atoms with Gasteiger partial charge in [0.1, 0.15) is 0 Å². The Kier molecular flexibility index (Phi) is 7.91. The largest absolute Gasteiger partial charge is 0.379 e. The molecular weight excluding hydrogens is 128 g/mol. The van der Waals surface area contributed by atoms with Crippen LogP contribution in [0.4, 0.5) is 0 Å². The van der Waals surface area contributed by atoms with Gasteiger partial charge in [-0.25, -0.2) is 0 Å². The van der Waals surface area contributed by atoms with Gasteiger partial charge in [0.15, 0.2) is 0 Å². The Labute approximate surface area is 62.0 Å². The lowest BCUT2D eigenvalue weighted by Gasteiger charge is -2.10. The van der Waals surface area contributed by atoms with E-state index in [2.05, 4.69) is 5.32 Å². The summed E-state index contributed by atoms with van der Waals surface area (Å²) in [6.45, 7) is 5.65. The maximum absolute atomic E-state index is 7.62. The number of nitriles is 1. The van der Waals surface area contributed by atoms with Gasteiger partial charge in [-0.1, -0.05) is 6.92 Å². The molecule has 0 atom stereocenters. The van der Waals surface area contributed by atoms with Gasteiger partial charge in [0.25, 0.3) is 0 Å². The molecule has 0 unspecified atom stereocenters. The Morgan fingerprint density at radius 1 is 1.50 bits per heavy atom. The van der Waals surface area contributed by atoms with E-state index in [9.17, 15) is 0 Å². The van der Waals surface area contributed by atoms with Crippen LogP contribution >= 0.6 is 0 Å². The molecule has 58 valence electrons. The second-order valence-electron chi connectivity index (χ2n) is 1.87. The number of nitrogens with one attached hydrogen (secondary N) is 1. The van der Waals surface area contributed by atoms with E-state index in [0.717, 1.165) is 26.3 Å². The van der Waals surface area contributed by atoms with Gasteiger partial charge in [-0.2, -0.15) is 5.26 Å². The van der Waals surface area contributed by atoms with Crippen LogP contribution in [0.5, 0.6) is 0 Å². The highest BCUT2D eigenvalue weighted by molar-refractivity contribution is 4.61. The quantitative estimate of drug-likeness (QED) is 0.536. The fraction of sp³-hybridized carbons (Fsp3) is 0.857. The number of ether oxygens (including phenoxy) is 1. The van der Waals surface area contributed by atoms with E-state index in [-0.39, 0.29) is 0 Å². The molecule has 1 saturated heterocycles. The van der Waals surface area contributed by atoms with E-state index in [1.165, 1.54) is 0 Å². The second-order valence-corrected chi connectivity index (χ2v) is 1.87. The first kappa shape index (κ1) is 9.41. The lowest BCUT2D eigenvalue weighted by atomic mass is 10.5. The van der Waals surface area contributed by atoms with Gasteiger partial charge in [0.2, 0.25) is 0 Å². The molecule has 0 bridgehead atoms. The minimum Gasteiger partial charge on any atom is -0.379 e. The molecule has 0 aromatic carbocycles. The van der Waals surface area contributed by atoms with Gasteiger partial charge in [-0.3, -0.25) is 0 Å². The zero-order valence-corrected chi connectivity index (χ0v) is 6.39. The van der Waals surface area contributed by atoms with Crippen molar-refractivity contribution in [1.82, 2.24) is 5.32 Å². The van der Waals surface area contributed by atoms with Crippen molar-refractivity contribution in [3.8, 4) is 6.07 Å². The van der Waals surface area contributed by atoms with Crippen molar-refractivity contribution in [1.29, 1.82) is 5.26 Å². The van der Waals surface area contributed by atoms with Crippen molar-refractivity contribution >= 4 is 0 Å². The van der Waals surface area contributed by atoms with Gasteiger partial charge in [-0.05, 0) is 0 Å². The molecule has 0 radical (unpaired) electrons. The molecule has 1 N–H and O–H groups in total. The van der Waals surface area contributed by atoms with Gasteiger partial charge in [-0.15, -0.1) is 0 Å². The predicted octanol–water partition coefficient (Wildman–Crippen LogP) is 0.526. The van der Waals surface area contributed by atoms with Crippen molar-refractivity contribution in [2.24, 2.45) is 0 Å². The van der Waals surface area contributed by atoms with E-state index < -0.39 is 0 Å². The van der Waals surface area contributed by atoms with Crippen molar-refractivity contribution in [3.05, 3.63) is 0 Å². The van der Waals surface area contributed by atoms with Crippen LogP contribution in [0.15, 0.2) is 0 Å². The molecule has 1 aliphatic heterocycles. The summed E-state index contributed by atoms with van der Waals surface area (Å²) in [5.41, 5.74) is 0. The molecule has 1 rings (SSSR count). The summed E-state index contributed by atoms with van der Waals surface area (Å²) in [5, 5.41) is 10.8. The monoisotopic (exact) mass is 142 g/mol. The van der Waals surface area contributed by atoms with Crippen LogP contribution in [-0.2, 0) is 4.74 Å². The number of morpholine rings is 1. The van der Waals surface area contributed by atoms with Crippen LogP contribution in [-0.4, -0.2) is 26.3 Å². The van der Waals surface area contributed by atoms with Gasteiger partial charge >= 0.3 is 0 Å². The normalized spacial score (nSPS) is 16.4. The summed E-state index contributed by atoms with van der Waals surface area (Å²) in [4.78, 5) is 0. The van der Waals surface area contributed by atoms with E-state index >= 15 is 0 Å². The molecule has 3 heteroatoms. The van der Waals surface area contributed by atoms with Crippen molar-refractivity contribution in [2.45, 2.75) is 13.3 Å². The Hall–Kier alpha value is -0.590. The van der Waals surface area contributed by atoms with Gasteiger partial charge in [0, 0.05) is 19.5 Å². The number of nitrogens with zero attached hydrogens (tertiary/aromatic N) is 1. The Balaban J connectivity index is 0.000000180. The maximum Gasteiger partial charge on any atom is 0.0618 e. The minimum atomic E-state index is 0.625. The van der Waals surface area contributed by atoms with Crippen molar-refractivity contribution in [3.63, 3.8) is 0 Å². The molecule has 0 spiro atoms. The fourth-order valence-electron chi connectivity index (χ4n) is 0.516. The third kappa shape index (κ3) is 7.41. The first-order chi connectivity index (χ1) is 4.91. The highest BCUT2D eigenvalue weighted by Crippen LogP contribution is 1.76. The van der Waals surface area contributed by atoms with Gasteiger partial charge < -0.3 is 10.1 Å². The van der Waals surface area contributed by atoms with E-state index in [4.69, 9.17) is 10.00 Å². The summed E-state index contributed by atoms with van der Waals surface area (Å²) < 4.78 is 5.01. The smallest absolute Gasteiger partial charge is 0.0618 e. The maximum atomic E-state index is 7.62. The molecule has 0 amide bonds. The Morgan fingerprint density at radius 2 is 2.00 bits per heavy atom. The van der Waals surface area contributed by atoms with Crippen LogP contribution in [0.2, 0.25) is 0 Å². The van der Waals surface area contributed by atoms with Crippen molar-refractivity contribution in [2.75, 3.05) is 26.3 Å².